The Morgan fingerprint density at radius 3 is 2.75 bits per heavy atom. The summed E-state index contributed by atoms with van der Waals surface area (Å²) < 4.78 is 15.2. The molecule has 2 aromatic carbocycles. The summed E-state index contributed by atoms with van der Waals surface area (Å²) in [6.07, 6.45) is 1.32. The molecule has 3 rings (SSSR count). The number of aliphatic hydroxyl groups excluding tert-OH is 1. The summed E-state index contributed by atoms with van der Waals surface area (Å²) in [4.78, 5) is 22.9. The van der Waals surface area contributed by atoms with E-state index in [1.165, 1.54) is 30.5 Å². The predicted molar refractivity (Wildman–Crippen MR) is 85.7 cm³/mol. The number of halogens is 2. The molecule has 3 aromatic rings. The van der Waals surface area contributed by atoms with Crippen molar-refractivity contribution in [3.8, 4) is 0 Å². The van der Waals surface area contributed by atoms with Gasteiger partial charge in [-0.1, -0.05) is 23.7 Å². The van der Waals surface area contributed by atoms with Crippen molar-refractivity contribution in [1.82, 2.24) is 4.57 Å². The number of carbonyl (C=O) groups excluding carboxylic acids is 1. The van der Waals surface area contributed by atoms with Crippen molar-refractivity contribution in [3.05, 3.63) is 74.7 Å². The molecule has 0 aliphatic carbocycles. The zero-order valence-electron chi connectivity index (χ0n) is 12.1. The molecule has 122 valence electrons. The molecule has 1 N–H and O–H groups in total. The number of benzene rings is 2. The standard InChI is InChI=1S/C16H10ClFN2O4/c17-12-5-4-9(6-14(12)20(23)24)16(22)19-7-10(8-21)11-2-1-3-13(18)15(11)19/h1-7,21H,8H2. The van der Waals surface area contributed by atoms with Gasteiger partial charge in [0.05, 0.1) is 17.0 Å². The van der Waals surface area contributed by atoms with E-state index in [1.54, 1.807) is 6.07 Å². The topological polar surface area (TPSA) is 85.4 Å². The molecule has 0 aliphatic rings. The van der Waals surface area contributed by atoms with Crippen molar-refractivity contribution in [1.29, 1.82) is 0 Å². The minimum atomic E-state index is -0.702. The molecule has 0 saturated heterocycles. The number of carbonyl (C=O) groups is 1. The third-order valence-electron chi connectivity index (χ3n) is 3.64. The highest BCUT2D eigenvalue weighted by Crippen LogP contribution is 2.28. The molecule has 0 bridgehead atoms. The zero-order valence-corrected chi connectivity index (χ0v) is 12.8. The van der Waals surface area contributed by atoms with E-state index in [-0.39, 0.29) is 22.7 Å². The Morgan fingerprint density at radius 2 is 2.08 bits per heavy atom. The second-order valence-electron chi connectivity index (χ2n) is 5.05. The Labute approximate surface area is 139 Å². The number of para-hydroxylation sites is 1. The Balaban J connectivity index is 2.20. The summed E-state index contributed by atoms with van der Waals surface area (Å²) in [5, 5.41) is 20.6. The van der Waals surface area contributed by atoms with Crippen LogP contribution in [0, 0.1) is 15.9 Å². The van der Waals surface area contributed by atoms with Gasteiger partial charge in [-0.05, 0) is 18.2 Å². The van der Waals surface area contributed by atoms with E-state index < -0.39 is 22.3 Å². The first kappa shape index (κ1) is 16.1. The summed E-state index contributed by atoms with van der Waals surface area (Å²) in [6.45, 7) is -0.374. The van der Waals surface area contributed by atoms with E-state index >= 15 is 0 Å². The van der Waals surface area contributed by atoms with Crippen molar-refractivity contribution in [2.24, 2.45) is 0 Å². The largest absolute Gasteiger partial charge is 0.392 e. The fraction of sp³-hybridized carbons (Fsp3) is 0.0625. The fourth-order valence-electron chi connectivity index (χ4n) is 2.52. The fourth-order valence-corrected chi connectivity index (χ4v) is 2.71. The summed E-state index contributed by atoms with van der Waals surface area (Å²) in [5.74, 6) is -1.30. The van der Waals surface area contributed by atoms with E-state index in [4.69, 9.17) is 11.6 Å². The minimum Gasteiger partial charge on any atom is -0.392 e. The number of aromatic nitrogens is 1. The van der Waals surface area contributed by atoms with E-state index in [0.717, 1.165) is 10.6 Å². The van der Waals surface area contributed by atoms with Gasteiger partial charge >= 0.3 is 0 Å². The molecule has 0 radical (unpaired) electrons. The van der Waals surface area contributed by atoms with Gasteiger partial charge in [0.1, 0.15) is 10.8 Å². The highest BCUT2D eigenvalue weighted by molar-refractivity contribution is 6.32. The van der Waals surface area contributed by atoms with Crippen LogP contribution in [0.3, 0.4) is 0 Å². The van der Waals surface area contributed by atoms with Crippen molar-refractivity contribution >= 4 is 34.1 Å². The molecule has 24 heavy (non-hydrogen) atoms. The molecule has 8 heteroatoms. The summed E-state index contributed by atoms with van der Waals surface area (Å²) in [5.41, 5.74) is -0.0527. The normalized spacial score (nSPS) is 11.0. The van der Waals surface area contributed by atoms with Crippen LogP contribution in [0.4, 0.5) is 10.1 Å². The highest BCUT2D eigenvalue weighted by atomic mass is 35.5. The summed E-state index contributed by atoms with van der Waals surface area (Å²) in [6, 6.07) is 7.84. The van der Waals surface area contributed by atoms with E-state index in [2.05, 4.69) is 0 Å². The number of nitrogens with zero attached hydrogens (tertiary/aromatic N) is 2. The Hall–Kier alpha value is -2.77. The van der Waals surface area contributed by atoms with Gasteiger partial charge in [-0.2, -0.15) is 0 Å². The van der Waals surface area contributed by atoms with Crippen LogP contribution in [0.2, 0.25) is 5.02 Å². The van der Waals surface area contributed by atoms with Crippen LogP contribution in [0.15, 0.2) is 42.6 Å². The van der Waals surface area contributed by atoms with Gasteiger partial charge in [-0.25, -0.2) is 4.39 Å². The lowest BCUT2D eigenvalue weighted by molar-refractivity contribution is -0.384. The van der Waals surface area contributed by atoms with Gasteiger partial charge in [0.25, 0.3) is 11.6 Å². The monoisotopic (exact) mass is 348 g/mol. The van der Waals surface area contributed by atoms with Crippen LogP contribution in [-0.2, 0) is 6.61 Å². The van der Waals surface area contributed by atoms with Gasteiger partial charge in [-0.15, -0.1) is 0 Å². The average molecular weight is 349 g/mol. The molecular weight excluding hydrogens is 339 g/mol. The van der Waals surface area contributed by atoms with E-state index in [0.29, 0.717) is 10.9 Å². The zero-order chi connectivity index (χ0) is 17.4. The minimum absolute atomic E-state index is 0.00385. The van der Waals surface area contributed by atoms with Crippen LogP contribution in [0.1, 0.15) is 15.9 Å². The molecule has 0 amide bonds. The lowest BCUT2D eigenvalue weighted by Crippen LogP contribution is -2.12. The number of rotatable bonds is 3. The second kappa shape index (κ2) is 6.03. The Kier molecular flexibility index (Phi) is 4.04. The first-order chi connectivity index (χ1) is 11.4. The molecule has 6 nitrogen and oxygen atoms in total. The van der Waals surface area contributed by atoms with E-state index in [1.807, 2.05) is 0 Å². The van der Waals surface area contributed by atoms with Crippen LogP contribution in [-0.4, -0.2) is 20.5 Å². The Bertz CT molecular complexity index is 984. The van der Waals surface area contributed by atoms with Crippen molar-refractivity contribution in [2.75, 3.05) is 0 Å². The SMILES string of the molecule is O=C(c1ccc(Cl)c([N+](=O)[O-])c1)n1cc(CO)c2cccc(F)c21. The van der Waals surface area contributed by atoms with Crippen LogP contribution < -0.4 is 0 Å². The Morgan fingerprint density at radius 1 is 1.33 bits per heavy atom. The van der Waals surface area contributed by atoms with Gasteiger partial charge in [0, 0.05) is 28.8 Å². The lowest BCUT2D eigenvalue weighted by Gasteiger charge is -2.05. The number of fused-ring (bicyclic) bond motifs is 1. The summed E-state index contributed by atoms with van der Waals surface area (Å²) >= 11 is 5.74. The third kappa shape index (κ3) is 2.53. The van der Waals surface area contributed by atoms with Crippen LogP contribution >= 0.6 is 11.6 Å². The molecule has 0 aliphatic heterocycles. The predicted octanol–water partition coefficient (Wildman–Crippen LogP) is 3.52. The first-order valence-electron chi connectivity index (χ1n) is 6.82. The molecule has 1 aromatic heterocycles. The number of aliphatic hydroxyl groups is 1. The van der Waals surface area contributed by atoms with Gasteiger partial charge in [0.2, 0.25) is 0 Å². The van der Waals surface area contributed by atoms with Gasteiger partial charge < -0.3 is 5.11 Å². The number of nitro benzene ring substituents is 1. The molecule has 0 spiro atoms. The van der Waals surface area contributed by atoms with Crippen molar-refractivity contribution in [3.63, 3.8) is 0 Å². The number of hydrogen-bond donors (Lipinski definition) is 1. The van der Waals surface area contributed by atoms with Crippen LogP contribution in [0.5, 0.6) is 0 Å². The molecule has 0 saturated carbocycles. The van der Waals surface area contributed by atoms with Crippen LogP contribution in [0.25, 0.3) is 10.9 Å². The molecule has 0 unspecified atom stereocenters. The first-order valence-corrected chi connectivity index (χ1v) is 7.19. The highest BCUT2D eigenvalue weighted by Gasteiger charge is 2.21. The van der Waals surface area contributed by atoms with Gasteiger partial charge in [0.15, 0.2) is 0 Å². The number of hydrogen-bond acceptors (Lipinski definition) is 4. The number of nitro groups is 1. The molecule has 0 atom stereocenters. The smallest absolute Gasteiger partial charge is 0.288 e. The quantitative estimate of drug-likeness (QED) is 0.579. The maximum absolute atomic E-state index is 14.2. The lowest BCUT2D eigenvalue weighted by atomic mass is 10.1. The average Bonchev–Trinajstić information content (AvgIpc) is 2.94. The maximum Gasteiger partial charge on any atom is 0.288 e. The maximum atomic E-state index is 14.2. The molecular formula is C16H10ClFN2O4. The van der Waals surface area contributed by atoms with E-state index in [9.17, 15) is 24.4 Å². The summed E-state index contributed by atoms with van der Waals surface area (Å²) in [7, 11) is 0. The van der Waals surface area contributed by atoms with Gasteiger partial charge in [-0.3, -0.25) is 19.5 Å². The van der Waals surface area contributed by atoms with Crippen molar-refractivity contribution < 1.29 is 19.2 Å². The molecule has 0 fully saturated rings. The second-order valence-corrected chi connectivity index (χ2v) is 5.45. The molecule has 1 heterocycles. The third-order valence-corrected chi connectivity index (χ3v) is 3.96. The van der Waals surface area contributed by atoms with Crippen molar-refractivity contribution in [2.45, 2.75) is 6.61 Å².